The van der Waals surface area contributed by atoms with Crippen molar-refractivity contribution in [2.75, 3.05) is 5.75 Å². The molecule has 0 spiro atoms. The minimum absolute atomic E-state index is 0.00283. The number of carbonyl (C=O) groups excluding carboxylic acids is 4. The summed E-state index contributed by atoms with van der Waals surface area (Å²) in [6.45, 7) is 5.01. The second-order valence-corrected chi connectivity index (χ2v) is 5.74. The molecule has 1 N–H and O–H groups in total. The van der Waals surface area contributed by atoms with Gasteiger partial charge in [-0.2, -0.15) is 12.6 Å². The van der Waals surface area contributed by atoms with Crippen molar-refractivity contribution in [2.24, 2.45) is 0 Å². The van der Waals surface area contributed by atoms with Gasteiger partial charge in [0.15, 0.2) is 0 Å². The lowest BCUT2D eigenvalue weighted by Gasteiger charge is -2.22. The van der Waals surface area contributed by atoms with E-state index in [4.69, 9.17) is 9.57 Å². The smallest absolute Gasteiger partial charge is 0.408 e. The van der Waals surface area contributed by atoms with Gasteiger partial charge in [0, 0.05) is 18.6 Å². The maximum atomic E-state index is 11.8. The summed E-state index contributed by atoms with van der Waals surface area (Å²) in [7, 11) is 0. The molecule has 0 saturated carbocycles. The van der Waals surface area contributed by atoms with Gasteiger partial charge < -0.3 is 14.9 Å². The van der Waals surface area contributed by atoms with Crippen molar-refractivity contribution in [2.45, 2.75) is 45.3 Å². The van der Waals surface area contributed by atoms with Gasteiger partial charge in [0.2, 0.25) is 0 Å². The standard InChI is InChI=1S/C12H18N2O6S/c1-12(2,3)19-11(18)13-7(6-21)10(17)20-14-8(15)4-5-9(14)16/h7,21H,4-6H2,1-3H3,(H,13,18)/t7-/m1/s1. The zero-order chi connectivity index (χ0) is 16.2. The Balaban J connectivity index is 2.59. The lowest BCUT2D eigenvalue weighted by Crippen LogP contribution is -2.47. The van der Waals surface area contributed by atoms with Gasteiger partial charge in [-0.1, -0.05) is 0 Å². The van der Waals surface area contributed by atoms with E-state index in [1.807, 2.05) is 0 Å². The Morgan fingerprint density at radius 1 is 1.29 bits per heavy atom. The van der Waals surface area contributed by atoms with E-state index >= 15 is 0 Å². The molecule has 0 aromatic rings. The van der Waals surface area contributed by atoms with Crippen molar-refractivity contribution in [1.82, 2.24) is 10.4 Å². The summed E-state index contributed by atoms with van der Waals surface area (Å²) < 4.78 is 4.99. The van der Waals surface area contributed by atoms with Crippen LogP contribution in [-0.2, 0) is 24.0 Å². The van der Waals surface area contributed by atoms with Gasteiger partial charge >= 0.3 is 12.1 Å². The van der Waals surface area contributed by atoms with Crippen molar-refractivity contribution >= 4 is 36.5 Å². The monoisotopic (exact) mass is 318 g/mol. The molecule has 1 atom stereocenters. The summed E-state index contributed by atoms with van der Waals surface area (Å²) >= 11 is 3.92. The van der Waals surface area contributed by atoms with Gasteiger partial charge in [-0.05, 0) is 20.8 Å². The first-order valence-corrected chi connectivity index (χ1v) is 6.95. The minimum Gasteiger partial charge on any atom is -0.444 e. The number of carbonyl (C=O) groups is 4. The fourth-order valence-electron chi connectivity index (χ4n) is 1.44. The van der Waals surface area contributed by atoms with E-state index in [1.54, 1.807) is 20.8 Å². The van der Waals surface area contributed by atoms with Crippen molar-refractivity contribution in [1.29, 1.82) is 0 Å². The molecule has 0 radical (unpaired) electrons. The molecule has 0 aromatic carbocycles. The largest absolute Gasteiger partial charge is 0.444 e. The van der Waals surface area contributed by atoms with Crippen molar-refractivity contribution < 1.29 is 28.8 Å². The lowest BCUT2D eigenvalue weighted by molar-refractivity contribution is -0.198. The van der Waals surface area contributed by atoms with Crippen molar-refractivity contribution in [3.63, 3.8) is 0 Å². The summed E-state index contributed by atoms with van der Waals surface area (Å²) in [6, 6.07) is -1.13. The summed E-state index contributed by atoms with van der Waals surface area (Å²) in [5.74, 6) is -2.22. The first-order valence-electron chi connectivity index (χ1n) is 6.32. The van der Waals surface area contributed by atoms with Crippen LogP contribution in [0.25, 0.3) is 0 Å². The SMILES string of the molecule is CC(C)(C)OC(=O)N[C@H](CS)C(=O)ON1C(=O)CCC1=O. The maximum absolute atomic E-state index is 11.8. The van der Waals surface area contributed by atoms with Gasteiger partial charge in [-0.3, -0.25) is 9.59 Å². The molecule has 0 bridgehead atoms. The van der Waals surface area contributed by atoms with E-state index in [-0.39, 0.29) is 18.6 Å². The third-order valence-electron chi connectivity index (χ3n) is 2.35. The summed E-state index contributed by atoms with van der Waals surface area (Å²) in [5, 5.41) is 2.68. The molecule has 0 aliphatic carbocycles. The molecule has 1 saturated heterocycles. The predicted octanol–water partition coefficient (Wildman–Crippen LogP) is 0.417. The Labute approximate surface area is 127 Å². The van der Waals surface area contributed by atoms with Crippen LogP contribution in [0.1, 0.15) is 33.6 Å². The van der Waals surface area contributed by atoms with Crippen LogP contribution in [0.15, 0.2) is 0 Å². The zero-order valence-corrected chi connectivity index (χ0v) is 12.9. The van der Waals surface area contributed by atoms with Crippen LogP contribution < -0.4 is 5.32 Å². The maximum Gasteiger partial charge on any atom is 0.408 e. The average Bonchev–Trinajstić information content (AvgIpc) is 2.65. The van der Waals surface area contributed by atoms with Crippen LogP contribution >= 0.6 is 12.6 Å². The average molecular weight is 318 g/mol. The molecule has 1 aliphatic heterocycles. The minimum atomic E-state index is -1.13. The quantitative estimate of drug-likeness (QED) is 0.575. The number of imide groups is 1. The Morgan fingerprint density at radius 3 is 2.24 bits per heavy atom. The van der Waals surface area contributed by atoms with Crippen molar-refractivity contribution in [3.8, 4) is 0 Å². The second-order valence-electron chi connectivity index (χ2n) is 5.37. The molecule has 21 heavy (non-hydrogen) atoms. The highest BCUT2D eigenvalue weighted by Crippen LogP contribution is 2.13. The summed E-state index contributed by atoms with van der Waals surface area (Å²) in [4.78, 5) is 50.8. The van der Waals surface area contributed by atoms with Crippen LogP contribution in [-0.4, -0.2) is 46.3 Å². The van der Waals surface area contributed by atoms with Crippen LogP contribution in [0.5, 0.6) is 0 Å². The first-order chi connectivity index (χ1) is 9.64. The topological polar surface area (TPSA) is 102 Å². The Kier molecular flexibility index (Phi) is 5.59. The van der Waals surface area contributed by atoms with Gasteiger partial charge in [0.1, 0.15) is 11.6 Å². The number of hydrogen-bond acceptors (Lipinski definition) is 7. The molecule has 1 fully saturated rings. The van der Waals surface area contributed by atoms with Crippen LogP contribution in [0, 0.1) is 0 Å². The Morgan fingerprint density at radius 2 is 1.81 bits per heavy atom. The van der Waals surface area contributed by atoms with E-state index in [0.29, 0.717) is 5.06 Å². The summed E-state index contributed by atoms with van der Waals surface area (Å²) in [6.07, 6.45) is -0.827. The molecule has 9 heteroatoms. The summed E-state index contributed by atoms with van der Waals surface area (Å²) in [5.41, 5.74) is -0.726. The number of thiol groups is 1. The van der Waals surface area contributed by atoms with Crippen LogP contribution in [0.2, 0.25) is 0 Å². The molecule has 8 nitrogen and oxygen atoms in total. The van der Waals surface area contributed by atoms with Crippen LogP contribution in [0.4, 0.5) is 4.79 Å². The first kappa shape index (κ1) is 17.3. The van der Waals surface area contributed by atoms with E-state index in [1.165, 1.54) is 0 Å². The molecule has 3 amide bonds. The van der Waals surface area contributed by atoms with E-state index in [9.17, 15) is 19.2 Å². The Bertz CT molecular complexity index is 443. The van der Waals surface area contributed by atoms with E-state index < -0.39 is 35.5 Å². The zero-order valence-electron chi connectivity index (χ0n) is 12.0. The van der Waals surface area contributed by atoms with Crippen molar-refractivity contribution in [3.05, 3.63) is 0 Å². The molecule has 1 rings (SSSR count). The fourth-order valence-corrected chi connectivity index (χ4v) is 1.68. The molecule has 0 aromatic heterocycles. The molecule has 0 unspecified atom stereocenters. The van der Waals surface area contributed by atoms with E-state index in [0.717, 1.165) is 0 Å². The van der Waals surface area contributed by atoms with Gasteiger partial charge in [-0.25, -0.2) is 9.59 Å². The number of nitrogens with zero attached hydrogens (tertiary/aromatic N) is 1. The van der Waals surface area contributed by atoms with E-state index in [2.05, 4.69) is 17.9 Å². The molecular formula is C12H18N2O6S. The third-order valence-corrected chi connectivity index (χ3v) is 2.71. The van der Waals surface area contributed by atoms with Crippen LogP contribution in [0.3, 0.4) is 0 Å². The molecule has 1 aliphatic rings. The normalized spacial score (nSPS) is 16.7. The van der Waals surface area contributed by atoms with Gasteiger partial charge in [-0.15, -0.1) is 5.06 Å². The number of hydrogen-bond donors (Lipinski definition) is 2. The fraction of sp³-hybridized carbons (Fsp3) is 0.667. The number of alkyl carbamates (subject to hydrolysis) is 1. The highest BCUT2D eigenvalue weighted by molar-refractivity contribution is 7.80. The second kappa shape index (κ2) is 6.79. The predicted molar refractivity (Wildman–Crippen MR) is 74.2 cm³/mol. The number of ether oxygens (including phenoxy) is 1. The number of rotatable bonds is 4. The Hall–Kier alpha value is -1.77. The molecular weight excluding hydrogens is 300 g/mol. The van der Waals surface area contributed by atoms with Gasteiger partial charge in [0.05, 0.1) is 0 Å². The lowest BCUT2D eigenvalue weighted by atomic mass is 10.2. The number of hydroxylamine groups is 2. The number of amides is 3. The number of nitrogens with one attached hydrogen (secondary N) is 1. The third kappa shape index (κ3) is 5.25. The highest BCUT2D eigenvalue weighted by Gasteiger charge is 2.35. The molecule has 1 heterocycles. The molecule has 118 valence electrons. The highest BCUT2D eigenvalue weighted by atomic mass is 32.1. The van der Waals surface area contributed by atoms with Gasteiger partial charge in [0.25, 0.3) is 11.8 Å².